The monoisotopic (exact) mass is 266 g/mol. The molecule has 5 heteroatoms. The quantitative estimate of drug-likeness (QED) is 0.729. The van der Waals surface area contributed by atoms with Crippen molar-refractivity contribution < 1.29 is 0 Å². The van der Waals surface area contributed by atoms with Gasteiger partial charge in [0.05, 0.1) is 0 Å². The first-order chi connectivity index (χ1) is 8.63. The van der Waals surface area contributed by atoms with Gasteiger partial charge in [0.2, 0.25) is 0 Å². The number of piperazine rings is 1. The Morgan fingerprint density at radius 3 is 2.94 bits per heavy atom. The van der Waals surface area contributed by atoms with E-state index in [4.69, 9.17) is 11.6 Å². The topological polar surface area (TPSA) is 32.3 Å². The number of rotatable bonds is 1. The summed E-state index contributed by atoms with van der Waals surface area (Å²) < 4.78 is 0. The predicted molar refractivity (Wildman–Crippen MR) is 73.2 cm³/mol. The van der Waals surface area contributed by atoms with E-state index in [1.54, 1.807) is 0 Å². The molecule has 2 saturated heterocycles. The fraction of sp³-hybridized carbons (Fsp3) is 0.692. The van der Waals surface area contributed by atoms with Gasteiger partial charge in [0, 0.05) is 31.2 Å². The molecular weight excluding hydrogens is 248 g/mol. The minimum Gasteiger partial charge on any atom is -0.351 e. The van der Waals surface area contributed by atoms with E-state index in [0.29, 0.717) is 17.2 Å². The van der Waals surface area contributed by atoms with Gasteiger partial charge in [-0.05, 0) is 33.2 Å². The molecule has 2 aliphatic heterocycles. The van der Waals surface area contributed by atoms with Gasteiger partial charge in [-0.3, -0.25) is 4.90 Å². The van der Waals surface area contributed by atoms with E-state index < -0.39 is 0 Å². The van der Waals surface area contributed by atoms with E-state index in [-0.39, 0.29) is 0 Å². The Hall–Kier alpha value is -0.870. The van der Waals surface area contributed by atoms with Crippen LogP contribution in [0.2, 0.25) is 5.15 Å². The molecule has 0 amide bonds. The summed E-state index contributed by atoms with van der Waals surface area (Å²) in [4.78, 5) is 13.7. The Morgan fingerprint density at radius 2 is 2.17 bits per heavy atom. The number of anilines is 1. The van der Waals surface area contributed by atoms with Crippen LogP contribution in [0.1, 0.15) is 25.6 Å². The third-order valence-electron chi connectivity index (χ3n) is 4.02. The molecule has 3 heterocycles. The molecule has 2 aliphatic rings. The summed E-state index contributed by atoms with van der Waals surface area (Å²) in [6, 6.07) is 3.07. The molecule has 1 aromatic rings. The van der Waals surface area contributed by atoms with Crippen LogP contribution in [0.5, 0.6) is 0 Å². The van der Waals surface area contributed by atoms with Gasteiger partial charge < -0.3 is 4.90 Å². The zero-order valence-electron chi connectivity index (χ0n) is 10.9. The zero-order chi connectivity index (χ0) is 12.7. The van der Waals surface area contributed by atoms with Gasteiger partial charge in [-0.1, -0.05) is 11.6 Å². The van der Waals surface area contributed by atoms with Crippen molar-refractivity contribution in [2.75, 3.05) is 24.5 Å². The SMILES string of the molecule is Cc1nc(Cl)cc(N2CC3CCCN3CC2C)n1. The summed E-state index contributed by atoms with van der Waals surface area (Å²) in [5, 5.41) is 0.540. The summed E-state index contributed by atoms with van der Waals surface area (Å²) in [6.45, 7) is 7.61. The number of hydrogen-bond donors (Lipinski definition) is 0. The fourth-order valence-electron chi connectivity index (χ4n) is 3.17. The molecule has 0 radical (unpaired) electrons. The lowest BCUT2D eigenvalue weighted by molar-refractivity contribution is 0.202. The van der Waals surface area contributed by atoms with E-state index in [2.05, 4.69) is 26.7 Å². The first kappa shape index (κ1) is 12.2. The Balaban J connectivity index is 1.86. The second-order valence-corrected chi connectivity index (χ2v) is 5.78. The molecule has 0 aromatic carbocycles. The van der Waals surface area contributed by atoms with Crippen LogP contribution in [0, 0.1) is 6.92 Å². The van der Waals surface area contributed by atoms with Gasteiger partial charge in [-0.25, -0.2) is 9.97 Å². The number of fused-ring (bicyclic) bond motifs is 1. The Kier molecular flexibility index (Phi) is 3.16. The van der Waals surface area contributed by atoms with Crippen LogP contribution in [0.4, 0.5) is 5.82 Å². The van der Waals surface area contributed by atoms with Crippen molar-refractivity contribution in [1.82, 2.24) is 14.9 Å². The molecule has 0 saturated carbocycles. The molecule has 1 aromatic heterocycles. The minimum atomic E-state index is 0.490. The molecule has 3 rings (SSSR count). The zero-order valence-corrected chi connectivity index (χ0v) is 11.7. The van der Waals surface area contributed by atoms with Crippen LogP contribution in [0.3, 0.4) is 0 Å². The Bertz CT molecular complexity index is 430. The lowest BCUT2D eigenvalue weighted by Crippen LogP contribution is -2.55. The normalized spacial score (nSPS) is 28.5. The van der Waals surface area contributed by atoms with E-state index >= 15 is 0 Å². The van der Waals surface area contributed by atoms with Gasteiger partial charge in [-0.2, -0.15) is 0 Å². The second kappa shape index (κ2) is 4.67. The van der Waals surface area contributed by atoms with Gasteiger partial charge >= 0.3 is 0 Å². The third-order valence-corrected chi connectivity index (χ3v) is 4.22. The number of halogens is 1. The molecular formula is C13H19ClN4. The molecule has 0 aliphatic carbocycles. The molecule has 0 spiro atoms. The van der Waals surface area contributed by atoms with Crippen molar-refractivity contribution in [3.63, 3.8) is 0 Å². The van der Waals surface area contributed by atoms with Gasteiger partial charge in [-0.15, -0.1) is 0 Å². The summed E-state index contributed by atoms with van der Waals surface area (Å²) >= 11 is 6.04. The van der Waals surface area contributed by atoms with E-state index in [1.807, 2.05) is 13.0 Å². The van der Waals surface area contributed by atoms with E-state index in [1.165, 1.54) is 19.4 Å². The maximum Gasteiger partial charge on any atom is 0.134 e. The lowest BCUT2D eigenvalue weighted by atomic mass is 10.1. The summed E-state index contributed by atoms with van der Waals surface area (Å²) in [5.41, 5.74) is 0. The van der Waals surface area contributed by atoms with Gasteiger partial charge in [0.15, 0.2) is 0 Å². The highest BCUT2D eigenvalue weighted by Gasteiger charge is 2.34. The smallest absolute Gasteiger partial charge is 0.134 e. The maximum atomic E-state index is 6.04. The second-order valence-electron chi connectivity index (χ2n) is 5.39. The van der Waals surface area contributed by atoms with E-state index in [9.17, 15) is 0 Å². The average Bonchev–Trinajstić information content (AvgIpc) is 2.73. The highest BCUT2D eigenvalue weighted by atomic mass is 35.5. The summed E-state index contributed by atoms with van der Waals surface area (Å²) in [6.07, 6.45) is 2.63. The Morgan fingerprint density at radius 1 is 1.33 bits per heavy atom. The van der Waals surface area contributed by atoms with Gasteiger partial charge in [0.25, 0.3) is 0 Å². The largest absolute Gasteiger partial charge is 0.351 e. The molecule has 2 fully saturated rings. The molecule has 0 N–H and O–H groups in total. The van der Waals surface area contributed by atoms with Crippen molar-refractivity contribution in [2.24, 2.45) is 0 Å². The first-order valence-electron chi connectivity index (χ1n) is 6.65. The molecule has 4 nitrogen and oxygen atoms in total. The van der Waals surface area contributed by atoms with Crippen LogP contribution < -0.4 is 4.90 Å². The maximum absolute atomic E-state index is 6.04. The first-order valence-corrected chi connectivity index (χ1v) is 7.03. The highest BCUT2D eigenvalue weighted by molar-refractivity contribution is 6.29. The van der Waals surface area contributed by atoms with Crippen LogP contribution in [-0.2, 0) is 0 Å². The molecule has 2 atom stereocenters. The van der Waals surface area contributed by atoms with Crippen molar-refractivity contribution >= 4 is 17.4 Å². The number of nitrogens with zero attached hydrogens (tertiary/aromatic N) is 4. The van der Waals surface area contributed by atoms with Crippen molar-refractivity contribution in [3.05, 3.63) is 17.0 Å². The van der Waals surface area contributed by atoms with Crippen LogP contribution in [-0.4, -0.2) is 46.6 Å². The van der Waals surface area contributed by atoms with Crippen LogP contribution in [0.15, 0.2) is 6.07 Å². The molecule has 18 heavy (non-hydrogen) atoms. The van der Waals surface area contributed by atoms with Crippen LogP contribution in [0.25, 0.3) is 0 Å². The standard InChI is InChI=1S/C13H19ClN4/c1-9-7-17-5-3-4-11(17)8-18(9)13-6-12(14)15-10(2)16-13/h6,9,11H,3-5,7-8H2,1-2H3. The molecule has 0 bridgehead atoms. The number of hydrogen-bond acceptors (Lipinski definition) is 4. The lowest BCUT2D eigenvalue weighted by Gasteiger charge is -2.43. The third kappa shape index (κ3) is 2.19. The number of aromatic nitrogens is 2. The fourth-order valence-corrected chi connectivity index (χ4v) is 3.39. The number of aryl methyl sites for hydroxylation is 1. The predicted octanol–water partition coefficient (Wildman–Crippen LogP) is 2.11. The van der Waals surface area contributed by atoms with Crippen molar-refractivity contribution in [3.8, 4) is 0 Å². The summed E-state index contributed by atoms with van der Waals surface area (Å²) in [5.74, 6) is 1.73. The average molecular weight is 267 g/mol. The molecule has 98 valence electrons. The minimum absolute atomic E-state index is 0.490. The summed E-state index contributed by atoms with van der Waals surface area (Å²) in [7, 11) is 0. The highest BCUT2D eigenvalue weighted by Crippen LogP contribution is 2.28. The molecule has 2 unspecified atom stereocenters. The van der Waals surface area contributed by atoms with Crippen molar-refractivity contribution in [2.45, 2.75) is 38.8 Å². The van der Waals surface area contributed by atoms with Crippen molar-refractivity contribution in [1.29, 1.82) is 0 Å². The Labute approximate surface area is 113 Å². The van der Waals surface area contributed by atoms with E-state index in [0.717, 1.165) is 24.7 Å². The van der Waals surface area contributed by atoms with Crippen LogP contribution >= 0.6 is 11.6 Å². The van der Waals surface area contributed by atoms with Gasteiger partial charge in [0.1, 0.15) is 16.8 Å².